The molecule has 0 aromatic heterocycles. The first-order valence-electron chi connectivity index (χ1n) is 11.2. The first-order valence-corrected chi connectivity index (χ1v) is 11.2. The molecule has 0 heterocycles. The van der Waals surface area contributed by atoms with Crippen molar-refractivity contribution in [2.24, 2.45) is 5.73 Å². The highest BCUT2D eigenvalue weighted by molar-refractivity contribution is 5.75. The first-order chi connectivity index (χ1) is 13.2. The number of benzene rings is 1. The molecule has 1 aromatic rings. The van der Waals surface area contributed by atoms with Crippen LogP contribution in [0.15, 0.2) is 30.3 Å². The third-order valence-corrected chi connectivity index (χ3v) is 5.15. The summed E-state index contributed by atoms with van der Waals surface area (Å²) < 4.78 is 5.29. The summed E-state index contributed by atoms with van der Waals surface area (Å²) in [5, 5.41) is 0. The summed E-state index contributed by atoms with van der Waals surface area (Å²) in [5.41, 5.74) is 6.95. The fraction of sp³-hybridized carbons (Fsp3) is 0.708. The van der Waals surface area contributed by atoms with Gasteiger partial charge in [0.25, 0.3) is 0 Å². The number of hydrogen-bond donors (Lipinski definition) is 1. The molecular weight excluding hydrogens is 350 g/mol. The quantitative estimate of drug-likeness (QED) is 0.271. The van der Waals surface area contributed by atoms with E-state index in [-0.39, 0.29) is 11.4 Å². The monoisotopic (exact) mass is 393 g/mol. The molecule has 0 bridgehead atoms. The number of carbonyl (C=O) groups excluding carboxylic acids is 1. The van der Waals surface area contributed by atoms with Crippen molar-refractivity contribution in [3.63, 3.8) is 0 Å². The number of unbranched alkanes of at least 4 members (excludes halogenated alkanes) is 12. The van der Waals surface area contributed by atoms with Gasteiger partial charge < -0.3 is 15.9 Å². The number of esters is 1. The molecule has 4 nitrogen and oxygen atoms in total. The van der Waals surface area contributed by atoms with Crippen LogP contribution in [-0.2, 0) is 16.1 Å². The van der Waals surface area contributed by atoms with E-state index in [4.69, 9.17) is 10.5 Å². The third kappa shape index (κ3) is 14.6. The predicted octanol–water partition coefficient (Wildman–Crippen LogP) is 5.71. The Labute approximate surface area is 172 Å². The van der Waals surface area contributed by atoms with E-state index in [1.807, 2.05) is 30.3 Å². The molecule has 4 N–H and O–H groups in total. The molecule has 0 spiro atoms. The summed E-state index contributed by atoms with van der Waals surface area (Å²) in [6, 6.07) is 9.25. The molecule has 1 rings (SSSR count). The average Bonchev–Trinajstić information content (AvgIpc) is 2.70. The number of ether oxygens (including phenoxy) is 1. The minimum atomic E-state index is -0.485. The lowest BCUT2D eigenvalue weighted by molar-refractivity contribution is -0.146. The maximum atomic E-state index is 11.9. The molecule has 0 amide bonds. The van der Waals surface area contributed by atoms with Crippen LogP contribution in [0.25, 0.3) is 0 Å². The molecule has 1 aromatic carbocycles. The van der Waals surface area contributed by atoms with Gasteiger partial charge in [0.1, 0.15) is 12.6 Å². The van der Waals surface area contributed by atoms with Crippen molar-refractivity contribution in [3.8, 4) is 0 Å². The largest absolute Gasteiger partial charge is 0.460 e. The van der Waals surface area contributed by atoms with Crippen molar-refractivity contribution in [2.45, 2.75) is 109 Å². The molecule has 0 radical (unpaired) electrons. The third-order valence-electron chi connectivity index (χ3n) is 5.15. The topological polar surface area (TPSA) is 83.8 Å². The molecule has 1 unspecified atom stereocenters. The molecule has 28 heavy (non-hydrogen) atoms. The van der Waals surface area contributed by atoms with Gasteiger partial charge in [0.15, 0.2) is 0 Å². The van der Waals surface area contributed by atoms with Gasteiger partial charge in [-0.05, 0) is 12.0 Å². The van der Waals surface area contributed by atoms with Gasteiger partial charge in [-0.1, -0.05) is 121 Å². The van der Waals surface area contributed by atoms with Crippen LogP contribution in [0.1, 0.15) is 102 Å². The van der Waals surface area contributed by atoms with Crippen LogP contribution < -0.4 is 5.73 Å². The van der Waals surface area contributed by atoms with Crippen LogP contribution in [-0.4, -0.2) is 17.5 Å². The Morgan fingerprint density at radius 2 is 1.29 bits per heavy atom. The highest BCUT2D eigenvalue weighted by Crippen LogP contribution is 2.13. The van der Waals surface area contributed by atoms with Crippen molar-refractivity contribution in [1.29, 1.82) is 0 Å². The van der Waals surface area contributed by atoms with Crippen molar-refractivity contribution in [1.82, 2.24) is 0 Å². The fourth-order valence-corrected chi connectivity index (χ4v) is 3.34. The zero-order valence-electron chi connectivity index (χ0n) is 18.0. The van der Waals surface area contributed by atoms with Crippen LogP contribution in [0.4, 0.5) is 0 Å². The van der Waals surface area contributed by atoms with E-state index in [9.17, 15) is 4.79 Å². The fourth-order valence-electron chi connectivity index (χ4n) is 3.34. The van der Waals surface area contributed by atoms with Crippen molar-refractivity contribution in [2.75, 3.05) is 0 Å². The number of rotatable bonds is 17. The number of hydrogen-bond acceptors (Lipinski definition) is 3. The first kappa shape index (κ1) is 26.6. The van der Waals surface area contributed by atoms with Gasteiger partial charge in [-0.3, -0.25) is 4.79 Å². The van der Waals surface area contributed by atoms with E-state index in [1.165, 1.54) is 70.6 Å². The summed E-state index contributed by atoms with van der Waals surface area (Å²) in [7, 11) is 0. The lowest BCUT2D eigenvalue weighted by Gasteiger charge is -2.11. The molecule has 162 valence electrons. The molecule has 1 atom stereocenters. The molecule has 0 saturated heterocycles. The molecule has 0 saturated carbocycles. The van der Waals surface area contributed by atoms with Crippen molar-refractivity contribution >= 4 is 5.97 Å². The van der Waals surface area contributed by atoms with Gasteiger partial charge in [-0.2, -0.15) is 0 Å². The lowest BCUT2D eigenvalue weighted by atomic mass is 10.0. The maximum Gasteiger partial charge on any atom is 0.323 e. The van der Waals surface area contributed by atoms with Gasteiger partial charge in [0, 0.05) is 0 Å². The Morgan fingerprint density at radius 3 is 1.79 bits per heavy atom. The Bertz CT molecular complexity index is 464. The summed E-state index contributed by atoms with van der Waals surface area (Å²) in [4.78, 5) is 11.9. The molecule has 4 heteroatoms. The minimum absolute atomic E-state index is 0. The van der Waals surface area contributed by atoms with Gasteiger partial charge in [0.05, 0.1) is 0 Å². The molecule has 0 aliphatic carbocycles. The Balaban J connectivity index is 0.00000729. The van der Waals surface area contributed by atoms with E-state index in [1.54, 1.807) is 0 Å². The zero-order chi connectivity index (χ0) is 19.6. The standard InChI is InChI=1S/C24H41NO2.H2O/c1-2-3-4-5-6-7-8-9-10-11-12-13-17-20-23(25)24(26)27-21-22-18-15-14-16-19-22;/h14-16,18-19,23H,2-13,17,20-21,25H2,1H3;1H2. The predicted molar refractivity (Wildman–Crippen MR) is 118 cm³/mol. The molecular formula is C24H43NO3. The van der Waals surface area contributed by atoms with E-state index in [0.29, 0.717) is 6.61 Å². The van der Waals surface area contributed by atoms with Crippen LogP contribution in [0.2, 0.25) is 0 Å². The molecule has 0 fully saturated rings. The highest BCUT2D eigenvalue weighted by Gasteiger charge is 2.14. The molecule has 0 aliphatic heterocycles. The second-order valence-electron chi connectivity index (χ2n) is 7.73. The van der Waals surface area contributed by atoms with Crippen LogP contribution in [0.3, 0.4) is 0 Å². The van der Waals surface area contributed by atoms with Crippen molar-refractivity contribution < 1.29 is 15.0 Å². The van der Waals surface area contributed by atoms with Gasteiger partial charge in [-0.25, -0.2) is 0 Å². The Hall–Kier alpha value is -1.39. The average molecular weight is 394 g/mol. The van der Waals surface area contributed by atoms with Gasteiger partial charge in [-0.15, -0.1) is 0 Å². The summed E-state index contributed by atoms with van der Waals surface area (Å²) in [6.07, 6.45) is 18.0. The van der Waals surface area contributed by atoms with Crippen LogP contribution in [0, 0.1) is 0 Å². The summed E-state index contributed by atoms with van der Waals surface area (Å²) in [5.74, 6) is -0.280. The molecule has 0 aliphatic rings. The number of carbonyl (C=O) groups is 1. The summed E-state index contributed by atoms with van der Waals surface area (Å²) >= 11 is 0. The van der Waals surface area contributed by atoms with Gasteiger partial charge in [0.2, 0.25) is 0 Å². The second-order valence-corrected chi connectivity index (χ2v) is 7.73. The normalized spacial score (nSPS) is 11.6. The second kappa shape index (κ2) is 18.9. The Kier molecular flexibility index (Phi) is 18.0. The minimum Gasteiger partial charge on any atom is -0.460 e. The van der Waals surface area contributed by atoms with E-state index >= 15 is 0 Å². The van der Waals surface area contributed by atoms with Gasteiger partial charge >= 0.3 is 5.97 Å². The summed E-state index contributed by atoms with van der Waals surface area (Å²) in [6.45, 7) is 2.58. The highest BCUT2D eigenvalue weighted by atomic mass is 16.5. The SMILES string of the molecule is CCCCCCCCCCCCCCCC(N)C(=O)OCc1ccccc1.O. The maximum absolute atomic E-state index is 11.9. The smallest absolute Gasteiger partial charge is 0.323 e. The van der Waals surface area contributed by atoms with E-state index < -0.39 is 6.04 Å². The van der Waals surface area contributed by atoms with E-state index in [0.717, 1.165) is 24.8 Å². The van der Waals surface area contributed by atoms with E-state index in [2.05, 4.69) is 6.92 Å². The number of nitrogens with two attached hydrogens (primary N) is 1. The lowest BCUT2D eigenvalue weighted by Crippen LogP contribution is -2.32. The zero-order valence-corrected chi connectivity index (χ0v) is 18.0. The van der Waals surface area contributed by atoms with Crippen molar-refractivity contribution in [3.05, 3.63) is 35.9 Å². The van der Waals surface area contributed by atoms with Crippen LogP contribution >= 0.6 is 0 Å². The van der Waals surface area contributed by atoms with Crippen LogP contribution in [0.5, 0.6) is 0 Å². The Morgan fingerprint density at radius 1 is 0.821 bits per heavy atom.